The molecular formula is C26H30N2O2. The van der Waals surface area contributed by atoms with Crippen LogP contribution in [-0.2, 0) is 11.3 Å². The Hall–Kier alpha value is -2.88. The number of hydrogen-bond acceptors (Lipinski definition) is 2. The molecule has 30 heavy (non-hydrogen) atoms. The number of nitrogens with one attached hydrogen (secondary N) is 1. The van der Waals surface area contributed by atoms with E-state index in [1.165, 1.54) is 12.0 Å². The first kappa shape index (κ1) is 20.4. The Bertz CT molecular complexity index is 1140. The Morgan fingerprint density at radius 2 is 1.73 bits per heavy atom. The van der Waals surface area contributed by atoms with Gasteiger partial charge in [0.1, 0.15) is 0 Å². The highest BCUT2D eigenvalue weighted by Crippen LogP contribution is 2.29. The van der Waals surface area contributed by atoms with Gasteiger partial charge >= 0.3 is 0 Å². The maximum Gasteiger partial charge on any atom is 0.253 e. The molecule has 1 amide bonds. The molecule has 1 heterocycles. The largest absolute Gasteiger partial charge is 0.321 e. The van der Waals surface area contributed by atoms with E-state index in [4.69, 9.17) is 0 Å². The van der Waals surface area contributed by atoms with Gasteiger partial charge in [0.15, 0.2) is 0 Å². The van der Waals surface area contributed by atoms with Crippen LogP contribution < -0.4 is 10.5 Å². The van der Waals surface area contributed by atoms with Crippen LogP contribution in [0, 0.1) is 26.7 Å². The number of anilines is 1. The highest BCUT2D eigenvalue weighted by molar-refractivity contribution is 5.95. The van der Waals surface area contributed by atoms with E-state index in [1.54, 1.807) is 0 Å². The van der Waals surface area contributed by atoms with Crippen LogP contribution in [0.1, 0.15) is 54.4 Å². The summed E-state index contributed by atoms with van der Waals surface area (Å²) in [4.78, 5) is 31.3. The molecule has 0 atom stereocenters. The van der Waals surface area contributed by atoms with Crippen LogP contribution in [0.15, 0.2) is 47.3 Å². The van der Waals surface area contributed by atoms with Crippen LogP contribution in [0.2, 0.25) is 0 Å². The fraction of sp³-hybridized carbons (Fsp3) is 0.385. The Kier molecular flexibility index (Phi) is 5.76. The molecule has 0 saturated heterocycles. The molecular weight excluding hydrogens is 372 g/mol. The number of fused-ring (bicyclic) bond motifs is 1. The zero-order chi connectivity index (χ0) is 21.3. The molecule has 0 unspecified atom stereocenters. The summed E-state index contributed by atoms with van der Waals surface area (Å²) >= 11 is 0. The highest BCUT2D eigenvalue weighted by Gasteiger charge is 2.28. The number of nitrogens with zero attached hydrogens (tertiary/aromatic N) is 1. The average molecular weight is 403 g/mol. The lowest BCUT2D eigenvalue weighted by molar-refractivity contribution is -0.123. The van der Waals surface area contributed by atoms with Crippen molar-refractivity contribution in [3.63, 3.8) is 0 Å². The molecule has 2 aromatic carbocycles. The van der Waals surface area contributed by atoms with Gasteiger partial charge in [-0.15, -0.1) is 0 Å². The van der Waals surface area contributed by atoms with E-state index in [9.17, 15) is 9.59 Å². The van der Waals surface area contributed by atoms with Crippen molar-refractivity contribution < 1.29 is 4.79 Å². The third kappa shape index (κ3) is 4.04. The highest BCUT2D eigenvalue weighted by atomic mass is 16.2. The normalized spacial score (nSPS) is 14.8. The summed E-state index contributed by atoms with van der Waals surface area (Å²) in [5.41, 5.74) is 5.62. The summed E-state index contributed by atoms with van der Waals surface area (Å²) in [7, 11) is 0. The number of carbonyl (C=O) groups is 1. The van der Waals surface area contributed by atoms with Gasteiger partial charge in [0, 0.05) is 17.2 Å². The summed E-state index contributed by atoms with van der Waals surface area (Å²) in [6, 6.07) is 14.0. The molecule has 1 saturated carbocycles. The molecule has 156 valence electrons. The van der Waals surface area contributed by atoms with E-state index in [1.807, 2.05) is 42.2 Å². The fourth-order valence-electron chi connectivity index (χ4n) is 4.48. The number of carbonyl (C=O) groups excluding carboxylic acids is 1. The lowest BCUT2D eigenvalue weighted by Crippen LogP contribution is -2.38. The standard InChI is InChI=1S/C26H30N2O2/c1-17-12-13-23(14-19(17)3)28(26(30)20-9-5-4-6-10-20)16-22-15-21-11-7-8-18(2)24(21)27-25(22)29/h7-8,11-15,20H,4-6,9-10,16H2,1-3H3,(H,27,29). The SMILES string of the molecule is Cc1ccc(N(Cc2cc3cccc(C)c3[nH]c2=O)C(=O)C2CCCCC2)cc1C. The fourth-order valence-corrected chi connectivity index (χ4v) is 4.48. The zero-order valence-electron chi connectivity index (χ0n) is 18.1. The maximum absolute atomic E-state index is 13.5. The van der Waals surface area contributed by atoms with Crippen molar-refractivity contribution in [2.75, 3.05) is 4.90 Å². The minimum absolute atomic E-state index is 0.0436. The molecule has 4 nitrogen and oxygen atoms in total. The molecule has 0 radical (unpaired) electrons. The van der Waals surface area contributed by atoms with Gasteiger partial charge < -0.3 is 9.88 Å². The number of aromatic amines is 1. The van der Waals surface area contributed by atoms with Gasteiger partial charge in [-0.2, -0.15) is 0 Å². The van der Waals surface area contributed by atoms with Crippen LogP contribution in [0.25, 0.3) is 10.9 Å². The van der Waals surface area contributed by atoms with Crippen molar-refractivity contribution in [1.29, 1.82) is 0 Å². The van der Waals surface area contributed by atoms with Crippen molar-refractivity contribution >= 4 is 22.5 Å². The quantitative estimate of drug-likeness (QED) is 0.620. The molecule has 1 N–H and O–H groups in total. The zero-order valence-corrected chi connectivity index (χ0v) is 18.1. The summed E-state index contributed by atoms with van der Waals surface area (Å²) in [6.45, 7) is 6.42. The van der Waals surface area contributed by atoms with Gasteiger partial charge in [0.25, 0.3) is 5.56 Å². The Balaban J connectivity index is 1.75. The summed E-state index contributed by atoms with van der Waals surface area (Å²) in [6.07, 6.45) is 5.29. The topological polar surface area (TPSA) is 53.2 Å². The smallest absolute Gasteiger partial charge is 0.253 e. The molecule has 0 spiro atoms. The van der Waals surface area contributed by atoms with Crippen molar-refractivity contribution in [3.8, 4) is 0 Å². The lowest BCUT2D eigenvalue weighted by atomic mass is 9.88. The van der Waals surface area contributed by atoms with Gasteiger partial charge in [0.2, 0.25) is 5.91 Å². The molecule has 4 heteroatoms. The first-order valence-corrected chi connectivity index (χ1v) is 10.9. The van der Waals surface area contributed by atoms with Gasteiger partial charge in [-0.25, -0.2) is 0 Å². The van der Waals surface area contributed by atoms with Crippen LogP contribution in [0.3, 0.4) is 0 Å². The van der Waals surface area contributed by atoms with Gasteiger partial charge in [-0.1, -0.05) is 43.5 Å². The van der Waals surface area contributed by atoms with Gasteiger partial charge in [-0.05, 0) is 73.9 Å². The van der Waals surface area contributed by atoms with E-state index in [-0.39, 0.29) is 23.9 Å². The van der Waals surface area contributed by atoms with E-state index >= 15 is 0 Å². The molecule has 4 rings (SSSR count). The second kappa shape index (κ2) is 8.47. The van der Waals surface area contributed by atoms with Crippen LogP contribution in [0.5, 0.6) is 0 Å². The van der Waals surface area contributed by atoms with Crippen molar-refractivity contribution in [1.82, 2.24) is 4.98 Å². The third-order valence-electron chi connectivity index (χ3n) is 6.52. The van der Waals surface area contributed by atoms with E-state index in [0.29, 0.717) is 5.56 Å². The van der Waals surface area contributed by atoms with Gasteiger partial charge in [-0.3, -0.25) is 9.59 Å². The van der Waals surface area contributed by atoms with Crippen molar-refractivity contribution in [3.05, 3.63) is 75.1 Å². The average Bonchev–Trinajstić information content (AvgIpc) is 2.75. The number of pyridine rings is 1. The van der Waals surface area contributed by atoms with Crippen molar-refractivity contribution in [2.24, 2.45) is 5.92 Å². The number of benzene rings is 2. The van der Waals surface area contributed by atoms with E-state index < -0.39 is 0 Å². The number of H-pyrrole nitrogens is 1. The Morgan fingerprint density at radius 1 is 0.967 bits per heavy atom. The molecule has 1 fully saturated rings. The second-order valence-electron chi connectivity index (χ2n) is 8.69. The molecule has 3 aromatic rings. The molecule has 1 aromatic heterocycles. The number of amides is 1. The Labute approximate surface area is 177 Å². The monoisotopic (exact) mass is 402 g/mol. The molecule has 1 aliphatic carbocycles. The number of aryl methyl sites for hydroxylation is 3. The number of hydrogen-bond donors (Lipinski definition) is 1. The lowest BCUT2D eigenvalue weighted by Gasteiger charge is -2.30. The summed E-state index contributed by atoms with van der Waals surface area (Å²) in [5, 5.41) is 0.995. The Morgan fingerprint density at radius 3 is 2.47 bits per heavy atom. The van der Waals surface area contributed by atoms with E-state index in [0.717, 1.165) is 53.4 Å². The summed E-state index contributed by atoms with van der Waals surface area (Å²) < 4.78 is 0. The first-order valence-electron chi connectivity index (χ1n) is 10.9. The maximum atomic E-state index is 13.5. The third-order valence-corrected chi connectivity index (χ3v) is 6.52. The number of rotatable bonds is 4. The minimum Gasteiger partial charge on any atom is -0.321 e. The minimum atomic E-state index is -0.123. The predicted octanol–water partition coefficient (Wildman–Crippen LogP) is 5.57. The molecule has 0 bridgehead atoms. The van der Waals surface area contributed by atoms with Crippen LogP contribution in [0.4, 0.5) is 5.69 Å². The van der Waals surface area contributed by atoms with Gasteiger partial charge in [0.05, 0.1) is 12.1 Å². The van der Waals surface area contributed by atoms with Crippen LogP contribution >= 0.6 is 0 Å². The predicted molar refractivity (Wildman–Crippen MR) is 123 cm³/mol. The number of para-hydroxylation sites is 1. The van der Waals surface area contributed by atoms with E-state index in [2.05, 4.69) is 31.0 Å². The number of aromatic nitrogens is 1. The molecule has 0 aliphatic heterocycles. The second-order valence-corrected chi connectivity index (χ2v) is 8.69. The summed E-state index contributed by atoms with van der Waals surface area (Å²) in [5.74, 6) is 0.184. The van der Waals surface area contributed by atoms with Crippen molar-refractivity contribution in [2.45, 2.75) is 59.4 Å². The first-order chi connectivity index (χ1) is 14.4. The molecule has 1 aliphatic rings. The van der Waals surface area contributed by atoms with Crippen LogP contribution in [-0.4, -0.2) is 10.9 Å².